The molecule has 2 heterocycles. The van der Waals surface area contributed by atoms with Crippen LogP contribution in [0.3, 0.4) is 0 Å². The Morgan fingerprint density at radius 3 is 1.75 bits per heavy atom. The molecule has 2 bridgehead atoms. The van der Waals surface area contributed by atoms with Crippen molar-refractivity contribution in [2.45, 2.75) is 32.7 Å². The van der Waals surface area contributed by atoms with Gasteiger partial charge >= 0.3 is 0 Å². The van der Waals surface area contributed by atoms with Crippen molar-refractivity contribution in [2.75, 3.05) is 32.7 Å². The molecule has 3 aliphatic rings. The largest absolute Gasteiger partial charge is 0.302 e. The van der Waals surface area contributed by atoms with Crippen molar-refractivity contribution in [3.8, 4) is 0 Å². The third-order valence-electron chi connectivity index (χ3n) is 7.78. The zero-order valence-corrected chi connectivity index (χ0v) is 17.4. The fourth-order valence-electron chi connectivity index (χ4n) is 5.64. The monoisotopic (exact) mass is 374 g/mol. The average Bonchev–Trinajstić information content (AvgIpc) is 3.49. The minimum Gasteiger partial charge on any atom is -0.302 e. The molecule has 2 heteroatoms. The Morgan fingerprint density at radius 2 is 1.29 bits per heavy atom. The standard InChI is InChI=1S/C26H34N2/c1-26(2)23-16-27(15-20-13-14-20)17-24(26)19-28(18-23)25(21-9-5-3-6-10-21)22-11-7-4-8-12-22/h3-12,20,23-25H,13-19H2,1-2H3. The summed E-state index contributed by atoms with van der Waals surface area (Å²) >= 11 is 0. The van der Waals surface area contributed by atoms with E-state index in [-0.39, 0.29) is 0 Å². The fraction of sp³-hybridized carbons (Fsp3) is 0.538. The van der Waals surface area contributed by atoms with Gasteiger partial charge in [0.2, 0.25) is 0 Å². The van der Waals surface area contributed by atoms with E-state index in [0.29, 0.717) is 11.5 Å². The Morgan fingerprint density at radius 1 is 0.786 bits per heavy atom. The van der Waals surface area contributed by atoms with Gasteiger partial charge in [0.05, 0.1) is 6.04 Å². The molecule has 0 radical (unpaired) electrons. The van der Waals surface area contributed by atoms with Gasteiger partial charge in [-0.25, -0.2) is 0 Å². The first-order chi connectivity index (χ1) is 13.6. The molecule has 148 valence electrons. The van der Waals surface area contributed by atoms with E-state index >= 15 is 0 Å². The van der Waals surface area contributed by atoms with E-state index in [2.05, 4.69) is 84.3 Å². The summed E-state index contributed by atoms with van der Waals surface area (Å²) < 4.78 is 0. The summed E-state index contributed by atoms with van der Waals surface area (Å²) in [4.78, 5) is 5.59. The predicted molar refractivity (Wildman–Crippen MR) is 116 cm³/mol. The van der Waals surface area contributed by atoms with Gasteiger partial charge in [-0.2, -0.15) is 0 Å². The summed E-state index contributed by atoms with van der Waals surface area (Å²) in [6.45, 7) is 11.4. The van der Waals surface area contributed by atoms with Crippen LogP contribution in [0.2, 0.25) is 0 Å². The average molecular weight is 375 g/mol. The topological polar surface area (TPSA) is 6.48 Å². The quantitative estimate of drug-likeness (QED) is 0.720. The normalized spacial score (nSPS) is 27.8. The van der Waals surface area contributed by atoms with Crippen LogP contribution in [0.5, 0.6) is 0 Å². The molecule has 2 aromatic carbocycles. The molecule has 0 spiro atoms. The molecule has 2 nitrogen and oxygen atoms in total. The minimum atomic E-state index is 0.374. The van der Waals surface area contributed by atoms with Crippen LogP contribution < -0.4 is 0 Å². The number of rotatable bonds is 5. The SMILES string of the molecule is CC1(C)C2CN(CC3CC3)CC1CN(C(c1ccccc1)c1ccccc1)C2. The maximum Gasteiger partial charge on any atom is 0.0602 e. The highest BCUT2D eigenvalue weighted by Gasteiger charge is 2.49. The number of benzene rings is 2. The maximum atomic E-state index is 2.80. The first-order valence-electron chi connectivity index (χ1n) is 11.2. The first-order valence-corrected chi connectivity index (χ1v) is 11.2. The summed E-state index contributed by atoms with van der Waals surface area (Å²) in [6.07, 6.45) is 2.93. The van der Waals surface area contributed by atoms with Gasteiger partial charge in [-0.15, -0.1) is 0 Å². The summed E-state index contributed by atoms with van der Waals surface area (Å²) in [5.74, 6) is 2.52. The lowest BCUT2D eigenvalue weighted by atomic mass is 9.63. The Labute approximate surface area is 170 Å². The zero-order chi connectivity index (χ0) is 19.1. The summed E-state index contributed by atoms with van der Waals surface area (Å²) in [7, 11) is 0. The van der Waals surface area contributed by atoms with Gasteiger partial charge in [0, 0.05) is 32.7 Å². The van der Waals surface area contributed by atoms with Crippen molar-refractivity contribution in [2.24, 2.45) is 23.2 Å². The number of hydrogen-bond donors (Lipinski definition) is 0. The van der Waals surface area contributed by atoms with E-state index in [1.807, 2.05) is 0 Å². The molecular formula is C26H34N2. The first kappa shape index (κ1) is 18.4. The molecule has 1 saturated carbocycles. The molecule has 2 saturated heterocycles. The van der Waals surface area contributed by atoms with Gasteiger partial charge in [-0.05, 0) is 47.1 Å². The zero-order valence-electron chi connectivity index (χ0n) is 17.4. The highest BCUT2D eigenvalue weighted by Crippen LogP contribution is 2.47. The van der Waals surface area contributed by atoms with Crippen LogP contribution in [0.25, 0.3) is 0 Å². The van der Waals surface area contributed by atoms with Crippen molar-refractivity contribution in [1.82, 2.24) is 9.80 Å². The molecule has 0 amide bonds. The Bertz CT molecular complexity index is 723. The van der Waals surface area contributed by atoms with E-state index in [9.17, 15) is 0 Å². The molecule has 5 rings (SSSR count). The summed E-state index contributed by atoms with van der Waals surface area (Å²) in [5.41, 5.74) is 3.32. The second-order valence-electron chi connectivity index (χ2n) is 10.1. The van der Waals surface area contributed by atoms with Gasteiger partial charge in [0.25, 0.3) is 0 Å². The number of piperidine rings is 2. The molecule has 2 aromatic rings. The van der Waals surface area contributed by atoms with Gasteiger partial charge in [0.1, 0.15) is 0 Å². The molecule has 2 atom stereocenters. The molecule has 0 aromatic heterocycles. The second-order valence-corrected chi connectivity index (χ2v) is 10.1. The van der Waals surface area contributed by atoms with Crippen LogP contribution in [0.15, 0.2) is 60.7 Å². The van der Waals surface area contributed by atoms with Gasteiger partial charge in [-0.1, -0.05) is 74.5 Å². The van der Waals surface area contributed by atoms with E-state index < -0.39 is 0 Å². The number of nitrogens with zero attached hydrogens (tertiary/aromatic N) is 2. The Balaban J connectivity index is 1.43. The van der Waals surface area contributed by atoms with Crippen LogP contribution in [-0.4, -0.2) is 42.5 Å². The maximum absolute atomic E-state index is 2.80. The van der Waals surface area contributed by atoms with Crippen LogP contribution in [0.4, 0.5) is 0 Å². The predicted octanol–water partition coefficient (Wildman–Crippen LogP) is 5.08. The number of fused-ring (bicyclic) bond motifs is 2. The van der Waals surface area contributed by atoms with Crippen LogP contribution in [-0.2, 0) is 0 Å². The van der Waals surface area contributed by atoms with Gasteiger partial charge < -0.3 is 4.90 Å². The molecule has 28 heavy (non-hydrogen) atoms. The van der Waals surface area contributed by atoms with Crippen molar-refractivity contribution in [3.63, 3.8) is 0 Å². The van der Waals surface area contributed by atoms with E-state index in [1.165, 1.54) is 56.7 Å². The minimum absolute atomic E-state index is 0.374. The lowest BCUT2D eigenvalue weighted by Crippen LogP contribution is -2.62. The lowest BCUT2D eigenvalue weighted by Gasteiger charge is -2.57. The van der Waals surface area contributed by atoms with Crippen LogP contribution >= 0.6 is 0 Å². The molecule has 2 unspecified atom stereocenters. The van der Waals surface area contributed by atoms with Crippen molar-refractivity contribution < 1.29 is 0 Å². The lowest BCUT2D eigenvalue weighted by molar-refractivity contribution is -0.0804. The van der Waals surface area contributed by atoms with Gasteiger partial charge in [0.15, 0.2) is 0 Å². The number of likely N-dealkylation sites (tertiary alicyclic amines) is 2. The van der Waals surface area contributed by atoms with E-state index in [1.54, 1.807) is 0 Å². The summed E-state index contributed by atoms with van der Waals surface area (Å²) in [6, 6.07) is 22.7. The smallest absolute Gasteiger partial charge is 0.0602 e. The van der Waals surface area contributed by atoms with Gasteiger partial charge in [-0.3, -0.25) is 4.90 Å². The molecular weight excluding hydrogens is 340 g/mol. The van der Waals surface area contributed by atoms with Crippen molar-refractivity contribution in [3.05, 3.63) is 71.8 Å². The molecule has 1 aliphatic carbocycles. The van der Waals surface area contributed by atoms with Crippen molar-refractivity contribution in [1.29, 1.82) is 0 Å². The Hall–Kier alpha value is -1.64. The second kappa shape index (κ2) is 7.31. The van der Waals surface area contributed by atoms with Crippen LogP contribution in [0, 0.1) is 23.2 Å². The highest BCUT2D eigenvalue weighted by molar-refractivity contribution is 5.32. The third kappa shape index (κ3) is 3.53. The van der Waals surface area contributed by atoms with E-state index in [4.69, 9.17) is 0 Å². The van der Waals surface area contributed by atoms with E-state index in [0.717, 1.165) is 17.8 Å². The van der Waals surface area contributed by atoms with Crippen LogP contribution in [0.1, 0.15) is 43.9 Å². The third-order valence-corrected chi connectivity index (χ3v) is 7.78. The highest BCUT2D eigenvalue weighted by atomic mass is 15.2. The fourth-order valence-corrected chi connectivity index (χ4v) is 5.64. The number of hydrogen-bond acceptors (Lipinski definition) is 2. The Kier molecular flexibility index (Phi) is 4.80. The molecule has 0 N–H and O–H groups in total. The van der Waals surface area contributed by atoms with Crippen molar-refractivity contribution >= 4 is 0 Å². The molecule has 3 fully saturated rings. The molecule has 2 aliphatic heterocycles. The summed E-state index contributed by atoms with van der Waals surface area (Å²) in [5, 5.41) is 0.